The fourth-order valence-electron chi connectivity index (χ4n) is 1.26. The van der Waals surface area contributed by atoms with Crippen molar-refractivity contribution in [3.05, 3.63) is 0 Å². The van der Waals surface area contributed by atoms with Crippen LogP contribution in [0.15, 0.2) is 0 Å². The third kappa shape index (κ3) is 2.67. The first-order chi connectivity index (χ1) is 6.29. The number of likely N-dealkylation sites (tertiary alicyclic amines) is 1. The largest absolute Gasteiger partial charge is 0.481 e. The highest BCUT2D eigenvalue weighted by Crippen LogP contribution is 2.18. The maximum atomic E-state index is 11.1. The fourth-order valence-corrected chi connectivity index (χ4v) is 1.90. The lowest BCUT2D eigenvalue weighted by molar-refractivity contribution is -0.141. The first-order valence-electron chi connectivity index (χ1n) is 3.75. The average Bonchev–Trinajstić information content (AvgIpc) is 2.29. The first kappa shape index (κ1) is 10.9. The van der Waals surface area contributed by atoms with Crippen molar-refractivity contribution < 1.29 is 27.7 Å². The second-order valence-electron chi connectivity index (χ2n) is 3.07. The van der Waals surface area contributed by atoms with Gasteiger partial charge >= 0.3 is 5.97 Å². The Labute approximate surface area is 80.1 Å². The molecule has 1 aliphatic heterocycles. The molecular weight excluding hydrogens is 214 g/mol. The van der Waals surface area contributed by atoms with Crippen LogP contribution in [0.25, 0.3) is 0 Å². The summed E-state index contributed by atoms with van der Waals surface area (Å²) in [5, 5.41) is 8.56. The van der Waals surface area contributed by atoms with Gasteiger partial charge in [0.15, 0.2) is 0 Å². The van der Waals surface area contributed by atoms with Crippen molar-refractivity contribution in [1.29, 1.82) is 0 Å². The minimum atomic E-state index is -4.28. The lowest BCUT2D eigenvalue weighted by Crippen LogP contribution is -2.31. The Kier molecular flexibility index (Phi) is 2.76. The Bertz CT molecular complexity index is 361. The minimum absolute atomic E-state index is 0.173. The number of nitrogens with zero attached hydrogens (tertiary/aromatic N) is 1. The zero-order valence-corrected chi connectivity index (χ0v) is 7.90. The van der Waals surface area contributed by atoms with Crippen molar-refractivity contribution in [3.63, 3.8) is 0 Å². The number of rotatable bonds is 3. The summed E-state index contributed by atoms with van der Waals surface area (Å²) >= 11 is 0. The molecule has 1 amide bonds. The smallest absolute Gasteiger partial charge is 0.308 e. The lowest BCUT2D eigenvalue weighted by Gasteiger charge is -2.12. The molecule has 80 valence electrons. The highest BCUT2D eigenvalue weighted by atomic mass is 32.2. The molecule has 8 heteroatoms. The van der Waals surface area contributed by atoms with E-state index in [1.54, 1.807) is 0 Å². The molecule has 14 heavy (non-hydrogen) atoms. The van der Waals surface area contributed by atoms with Crippen LogP contribution >= 0.6 is 0 Å². The van der Waals surface area contributed by atoms with E-state index in [2.05, 4.69) is 0 Å². The summed E-state index contributed by atoms with van der Waals surface area (Å²) < 4.78 is 29.3. The van der Waals surface area contributed by atoms with E-state index in [4.69, 9.17) is 9.66 Å². The fraction of sp³-hybridized carbons (Fsp3) is 0.667. The number of carbonyl (C=O) groups excluding carboxylic acids is 1. The minimum Gasteiger partial charge on any atom is -0.481 e. The van der Waals surface area contributed by atoms with E-state index in [-0.39, 0.29) is 13.0 Å². The third-order valence-electron chi connectivity index (χ3n) is 1.88. The van der Waals surface area contributed by atoms with Crippen LogP contribution in [-0.2, 0) is 19.7 Å². The van der Waals surface area contributed by atoms with E-state index in [0.717, 1.165) is 4.90 Å². The van der Waals surface area contributed by atoms with Gasteiger partial charge in [0.2, 0.25) is 5.91 Å². The number of aliphatic carboxylic acids is 1. The molecule has 1 fully saturated rings. The van der Waals surface area contributed by atoms with Gasteiger partial charge in [-0.2, -0.15) is 8.42 Å². The normalized spacial score (nSPS) is 22.8. The summed E-state index contributed by atoms with van der Waals surface area (Å²) in [5.74, 6) is -3.44. The molecule has 7 nitrogen and oxygen atoms in total. The molecule has 0 aromatic heterocycles. The molecule has 0 saturated carbocycles. The van der Waals surface area contributed by atoms with Gasteiger partial charge in [0.1, 0.15) is 5.88 Å². The quantitative estimate of drug-likeness (QED) is 0.579. The van der Waals surface area contributed by atoms with Gasteiger partial charge in [0.25, 0.3) is 10.1 Å². The molecule has 0 aromatic carbocycles. The number of carbonyl (C=O) groups is 2. The van der Waals surface area contributed by atoms with Gasteiger partial charge in [0, 0.05) is 13.0 Å². The standard InChI is InChI=1S/C6H9NO6S/c8-5-1-4(6(9)10)2-7(5)3-14(11,12)13/h4H,1-3H2,(H,9,10)(H,11,12,13). The number of amides is 1. The van der Waals surface area contributed by atoms with Crippen LogP contribution in [0.3, 0.4) is 0 Å². The zero-order valence-electron chi connectivity index (χ0n) is 7.08. The van der Waals surface area contributed by atoms with Gasteiger partial charge in [-0.25, -0.2) is 0 Å². The van der Waals surface area contributed by atoms with Gasteiger partial charge < -0.3 is 10.0 Å². The summed E-state index contributed by atoms with van der Waals surface area (Å²) in [7, 11) is -4.28. The van der Waals surface area contributed by atoms with Crippen molar-refractivity contribution in [2.75, 3.05) is 12.4 Å². The Morgan fingerprint density at radius 3 is 2.50 bits per heavy atom. The molecule has 1 saturated heterocycles. The molecule has 1 aliphatic rings. The van der Waals surface area contributed by atoms with Crippen LogP contribution in [0.2, 0.25) is 0 Å². The molecule has 0 bridgehead atoms. The maximum absolute atomic E-state index is 11.1. The van der Waals surface area contributed by atoms with Crippen molar-refractivity contribution in [2.45, 2.75) is 6.42 Å². The molecule has 0 aliphatic carbocycles. The maximum Gasteiger partial charge on any atom is 0.308 e. The highest BCUT2D eigenvalue weighted by molar-refractivity contribution is 7.85. The number of carboxylic acids is 1. The average molecular weight is 223 g/mol. The van der Waals surface area contributed by atoms with Crippen molar-refractivity contribution in [3.8, 4) is 0 Å². The van der Waals surface area contributed by atoms with E-state index < -0.39 is 33.8 Å². The molecule has 1 atom stereocenters. The van der Waals surface area contributed by atoms with Crippen molar-refractivity contribution in [1.82, 2.24) is 4.90 Å². The second kappa shape index (κ2) is 3.54. The third-order valence-corrected chi connectivity index (χ3v) is 2.52. The van der Waals surface area contributed by atoms with Crippen LogP contribution < -0.4 is 0 Å². The predicted molar refractivity (Wildman–Crippen MR) is 43.9 cm³/mol. The van der Waals surface area contributed by atoms with E-state index in [1.165, 1.54) is 0 Å². The van der Waals surface area contributed by atoms with Gasteiger partial charge in [-0.1, -0.05) is 0 Å². The van der Waals surface area contributed by atoms with Gasteiger partial charge in [-0.15, -0.1) is 0 Å². The topological polar surface area (TPSA) is 112 Å². The van der Waals surface area contributed by atoms with Crippen molar-refractivity contribution in [2.24, 2.45) is 5.92 Å². The predicted octanol–water partition coefficient (Wildman–Crippen LogP) is -1.24. The summed E-state index contributed by atoms with van der Waals surface area (Å²) in [4.78, 5) is 22.3. The molecule has 1 unspecified atom stereocenters. The second-order valence-corrected chi connectivity index (χ2v) is 4.49. The van der Waals surface area contributed by atoms with Crippen LogP contribution in [0.1, 0.15) is 6.42 Å². The molecule has 0 spiro atoms. The summed E-state index contributed by atoms with van der Waals surface area (Å²) in [5.41, 5.74) is 0. The number of hydrogen-bond acceptors (Lipinski definition) is 4. The van der Waals surface area contributed by atoms with E-state index in [9.17, 15) is 18.0 Å². The van der Waals surface area contributed by atoms with Gasteiger partial charge in [-0.05, 0) is 0 Å². The van der Waals surface area contributed by atoms with Crippen molar-refractivity contribution >= 4 is 22.0 Å². The van der Waals surface area contributed by atoms with E-state index in [0.29, 0.717) is 0 Å². The van der Waals surface area contributed by atoms with Crippen LogP contribution in [0, 0.1) is 5.92 Å². The molecule has 0 aromatic rings. The van der Waals surface area contributed by atoms with Crippen LogP contribution in [0.4, 0.5) is 0 Å². The van der Waals surface area contributed by atoms with Gasteiger partial charge in [0.05, 0.1) is 5.92 Å². The van der Waals surface area contributed by atoms with Gasteiger partial charge in [-0.3, -0.25) is 14.1 Å². The summed E-state index contributed by atoms with van der Waals surface area (Å²) in [6.45, 7) is -0.173. The zero-order chi connectivity index (χ0) is 10.9. The number of hydrogen-bond donors (Lipinski definition) is 2. The Morgan fingerprint density at radius 1 is 1.57 bits per heavy atom. The Balaban J connectivity index is 2.67. The van der Waals surface area contributed by atoms with Crippen LogP contribution in [-0.4, -0.2) is 47.3 Å². The van der Waals surface area contributed by atoms with Crippen LogP contribution in [0.5, 0.6) is 0 Å². The molecule has 1 rings (SSSR count). The molecule has 0 radical (unpaired) electrons. The van der Waals surface area contributed by atoms with E-state index in [1.807, 2.05) is 0 Å². The summed E-state index contributed by atoms with van der Waals surface area (Å²) in [6, 6.07) is 0. The van der Waals surface area contributed by atoms with E-state index >= 15 is 0 Å². The SMILES string of the molecule is O=C(O)C1CC(=O)N(CS(=O)(=O)O)C1. The lowest BCUT2D eigenvalue weighted by atomic mass is 10.1. The highest BCUT2D eigenvalue weighted by Gasteiger charge is 2.35. The Morgan fingerprint density at radius 2 is 2.14 bits per heavy atom. The monoisotopic (exact) mass is 223 g/mol. The number of carboxylic acid groups (broad SMARTS) is 1. The molecule has 1 heterocycles. The molecule has 2 N–H and O–H groups in total. The summed E-state index contributed by atoms with van der Waals surface area (Å²) in [6.07, 6.45) is -0.217. The Hall–Kier alpha value is -1.15. The first-order valence-corrected chi connectivity index (χ1v) is 5.36. The molecular formula is C6H9NO6S.